The van der Waals surface area contributed by atoms with Crippen molar-refractivity contribution in [2.24, 2.45) is 0 Å². The highest BCUT2D eigenvalue weighted by molar-refractivity contribution is 7.25. The molecule has 3 nitrogen and oxygen atoms in total. The first-order valence-electron chi connectivity index (χ1n) is 14.8. The molecule has 0 N–H and O–H groups in total. The van der Waals surface area contributed by atoms with E-state index >= 15 is 0 Å². The van der Waals surface area contributed by atoms with Crippen molar-refractivity contribution < 1.29 is 0 Å². The minimum atomic E-state index is 0.693. The second kappa shape index (κ2) is 8.96. The van der Waals surface area contributed by atoms with Crippen LogP contribution in [0.3, 0.4) is 0 Å². The molecule has 0 atom stereocenters. The van der Waals surface area contributed by atoms with Gasteiger partial charge in [-0.1, -0.05) is 127 Å². The van der Waals surface area contributed by atoms with Crippen LogP contribution < -0.4 is 0 Å². The molecule has 3 heterocycles. The number of rotatable bonds is 2. The molecule has 0 aliphatic heterocycles. The standard InChI is InChI=1S/C40H23N3S/c1-4-14-27-24(10-1)13-9-18-30(27)37-36-31-17-7-8-19-34(31)44-39(36)42-40(41-37)43-33-23-21-25-11-2-5-15-28(25)35(33)32-22-20-26-12-3-6-16-29(26)38(32)43/h1-23H. The summed E-state index contributed by atoms with van der Waals surface area (Å²) in [6.45, 7) is 0. The molecule has 10 rings (SSSR count). The van der Waals surface area contributed by atoms with E-state index in [1.54, 1.807) is 11.3 Å². The molecule has 0 bridgehead atoms. The van der Waals surface area contributed by atoms with Gasteiger partial charge in [0, 0.05) is 37.2 Å². The Morgan fingerprint density at radius 2 is 1.09 bits per heavy atom. The SMILES string of the molecule is c1ccc2c(-c3nc(-n4c5ccc6ccccc6c5c5ccc6ccccc6c54)nc4sc5ccccc5c34)cccc2c1. The number of hydrogen-bond acceptors (Lipinski definition) is 3. The number of hydrogen-bond donors (Lipinski definition) is 0. The van der Waals surface area contributed by atoms with Crippen LogP contribution in [0.4, 0.5) is 0 Å². The Balaban J connectivity index is 1.42. The van der Waals surface area contributed by atoms with Crippen LogP contribution in [0.15, 0.2) is 140 Å². The van der Waals surface area contributed by atoms with E-state index in [4.69, 9.17) is 9.97 Å². The Morgan fingerprint density at radius 1 is 0.455 bits per heavy atom. The molecule has 0 saturated carbocycles. The lowest BCUT2D eigenvalue weighted by Gasteiger charge is -2.13. The van der Waals surface area contributed by atoms with Crippen molar-refractivity contribution in [1.29, 1.82) is 0 Å². The van der Waals surface area contributed by atoms with Gasteiger partial charge in [-0.05, 0) is 39.1 Å². The molecule has 10 aromatic rings. The highest BCUT2D eigenvalue weighted by Crippen LogP contribution is 2.43. The lowest BCUT2D eigenvalue weighted by Crippen LogP contribution is -2.03. The van der Waals surface area contributed by atoms with Gasteiger partial charge in [0.15, 0.2) is 0 Å². The number of aromatic nitrogens is 3. The Morgan fingerprint density at radius 3 is 1.93 bits per heavy atom. The second-order valence-electron chi connectivity index (χ2n) is 11.4. The average molecular weight is 578 g/mol. The van der Waals surface area contributed by atoms with E-state index < -0.39 is 0 Å². The highest BCUT2D eigenvalue weighted by Gasteiger charge is 2.22. The summed E-state index contributed by atoms with van der Waals surface area (Å²) in [4.78, 5) is 11.9. The van der Waals surface area contributed by atoms with E-state index in [1.807, 2.05) is 0 Å². The third kappa shape index (κ3) is 3.26. The van der Waals surface area contributed by atoms with Crippen molar-refractivity contribution in [2.45, 2.75) is 0 Å². The summed E-state index contributed by atoms with van der Waals surface area (Å²) in [6, 6.07) is 50.0. The summed E-state index contributed by atoms with van der Waals surface area (Å²) in [5.74, 6) is 0.693. The monoisotopic (exact) mass is 577 g/mol. The Labute approximate surface area is 256 Å². The fraction of sp³-hybridized carbons (Fsp3) is 0. The van der Waals surface area contributed by atoms with Crippen LogP contribution in [-0.2, 0) is 0 Å². The molecule has 3 aromatic heterocycles. The molecular weight excluding hydrogens is 555 g/mol. The summed E-state index contributed by atoms with van der Waals surface area (Å²) in [5, 5.41) is 12.0. The van der Waals surface area contributed by atoms with E-state index in [-0.39, 0.29) is 0 Å². The lowest BCUT2D eigenvalue weighted by atomic mass is 9.99. The quantitative estimate of drug-likeness (QED) is 0.205. The molecule has 0 saturated heterocycles. The topological polar surface area (TPSA) is 30.7 Å². The summed E-state index contributed by atoms with van der Waals surface area (Å²) in [7, 11) is 0. The normalized spacial score (nSPS) is 12.1. The van der Waals surface area contributed by atoms with Crippen LogP contribution in [0.2, 0.25) is 0 Å². The van der Waals surface area contributed by atoms with Gasteiger partial charge in [-0.15, -0.1) is 11.3 Å². The van der Waals surface area contributed by atoms with E-state index in [9.17, 15) is 0 Å². The van der Waals surface area contributed by atoms with Crippen LogP contribution in [0.25, 0.3) is 91.6 Å². The minimum Gasteiger partial charge on any atom is -0.277 e. The molecule has 0 aliphatic carbocycles. The van der Waals surface area contributed by atoms with E-state index in [2.05, 4.69) is 144 Å². The summed E-state index contributed by atoms with van der Waals surface area (Å²) >= 11 is 1.74. The first-order chi connectivity index (χ1) is 21.8. The molecule has 4 heteroatoms. The van der Waals surface area contributed by atoms with Crippen LogP contribution >= 0.6 is 11.3 Å². The summed E-state index contributed by atoms with van der Waals surface area (Å²) in [6.07, 6.45) is 0. The summed E-state index contributed by atoms with van der Waals surface area (Å²) < 4.78 is 3.52. The predicted octanol–water partition coefficient (Wildman–Crippen LogP) is 11.1. The van der Waals surface area contributed by atoms with Crippen LogP contribution in [0.5, 0.6) is 0 Å². The predicted molar refractivity (Wildman–Crippen MR) is 187 cm³/mol. The van der Waals surface area contributed by atoms with Gasteiger partial charge in [0.25, 0.3) is 0 Å². The van der Waals surface area contributed by atoms with E-state index in [1.165, 1.54) is 53.2 Å². The third-order valence-electron chi connectivity index (χ3n) is 9.01. The smallest absolute Gasteiger partial charge is 0.236 e. The van der Waals surface area contributed by atoms with Gasteiger partial charge in [0.05, 0.1) is 16.7 Å². The van der Waals surface area contributed by atoms with Crippen LogP contribution in [0, 0.1) is 0 Å². The number of nitrogens with zero attached hydrogens (tertiary/aromatic N) is 3. The zero-order valence-corrected chi connectivity index (χ0v) is 24.3. The summed E-state index contributed by atoms with van der Waals surface area (Å²) in [5.41, 5.74) is 4.34. The van der Waals surface area contributed by atoms with Crippen molar-refractivity contribution >= 4 is 85.8 Å². The molecule has 0 radical (unpaired) electrons. The van der Waals surface area contributed by atoms with Gasteiger partial charge < -0.3 is 0 Å². The van der Waals surface area contributed by atoms with E-state index in [0.717, 1.165) is 32.5 Å². The number of fused-ring (bicyclic) bond motifs is 11. The van der Waals surface area contributed by atoms with Gasteiger partial charge in [0.2, 0.25) is 5.95 Å². The van der Waals surface area contributed by atoms with Crippen molar-refractivity contribution in [2.75, 3.05) is 0 Å². The Bertz CT molecular complexity index is 2780. The highest BCUT2D eigenvalue weighted by atomic mass is 32.1. The van der Waals surface area contributed by atoms with Crippen molar-refractivity contribution in [3.05, 3.63) is 140 Å². The van der Waals surface area contributed by atoms with E-state index in [0.29, 0.717) is 5.95 Å². The van der Waals surface area contributed by atoms with Gasteiger partial charge in [-0.2, -0.15) is 0 Å². The Kier molecular flexibility index (Phi) is 4.87. The van der Waals surface area contributed by atoms with Crippen molar-refractivity contribution in [1.82, 2.24) is 14.5 Å². The van der Waals surface area contributed by atoms with Crippen LogP contribution in [-0.4, -0.2) is 14.5 Å². The van der Waals surface area contributed by atoms with Crippen molar-refractivity contribution in [3.63, 3.8) is 0 Å². The first kappa shape index (κ1) is 23.9. The zero-order valence-electron chi connectivity index (χ0n) is 23.5. The fourth-order valence-electron chi connectivity index (χ4n) is 7.09. The Hall–Kier alpha value is -5.58. The number of thiophene rings is 1. The van der Waals surface area contributed by atoms with Gasteiger partial charge in [0.1, 0.15) is 4.83 Å². The molecule has 0 aliphatic rings. The van der Waals surface area contributed by atoms with Gasteiger partial charge in [-0.25, -0.2) is 9.97 Å². The molecule has 0 spiro atoms. The lowest BCUT2D eigenvalue weighted by molar-refractivity contribution is 1.02. The van der Waals surface area contributed by atoms with Crippen molar-refractivity contribution in [3.8, 4) is 17.2 Å². The molecular formula is C40H23N3S. The molecule has 44 heavy (non-hydrogen) atoms. The van der Waals surface area contributed by atoms with Crippen LogP contribution in [0.1, 0.15) is 0 Å². The van der Waals surface area contributed by atoms with Gasteiger partial charge in [-0.3, -0.25) is 4.57 Å². The maximum absolute atomic E-state index is 5.53. The van der Waals surface area contributed by atoms with Gasteiger partial charge >= 0.3 is 0 Å². The molecule has 0 amide bonds. The number of benzene rings is 7. The maximum Gasteiger partial charge on any atom is 0.236 e. The third-order valence-corrected chi connectivity index (χ3v) is 10.1. The fourth-order valence-corrected chi connectivity index (χ4v) is 8.17. The largest absolute Gasteiger partial charge is 0.277 e. The zero-order chi connectivity index (χ0) is 28.8. The molecule has 0 unspecified atom stereocenters. The second-order valence-corrected chi connectivity index (χ2v) is 12.4. The average Bonchev–Trinajstić information content (AvgIpc) is 3.64. The molecule has 7 aromatic carbocycles. The first-order valence-corrected chi connectivity index (χ1v) is 15.7. The minimum absolute atomic E-state index is 0.693. The molecule has 0 fully saturated rings. The maximum atomic E-state index is 5.53. The molecule has 204 valence electrons.